The summed E-state index contributed by atoms with van der Waals surface area (Å²) in [6.45, 7) is 0.247. The molecule has 17 heavy (non-hydrogen) atoms. The summed E-state index contributed by atoms with van der Waals surface area (Å²) in [5, 5.41) is 8.95. The number of aliphatic hydroxyl groups excluding tert-OH is 1. The van der Waals surface area contributed by atoms with Gasteiger partial charge in [-0.05, 0) is 18.2 Å². The van der Waals surface area contributed by atoms with E-state index in [1.165, 1.54) is 12.1 Å². The lowest BCUT2D eigenvalue weighted by molar-refractivity contribution is -0.134. The third kappa shape index (κ3) is 3.60. The molecule has 0 saturated carbocycles. The Morgan fingerprint density at radius 2 is 2.35 bits per heavy atom. The van der Waals surface area contributed by atoms with E-state index >= 15 is 0 Å². The molecule has 0 spiro atoms. The van der Waals surface area contributed by atoms with Crippen molar-refractivity contribution in [2.45, 2.75) is 6.10 Å². The quantitative estimate of drug-likeness (QED) is 0.557. The van der Waals surface area contributed by atoms with Crippen LogP contribution in [0.25, 0.3) is 0 Å². The van der Waals surface area contributed by atoms with Crippen LogP contribution in [0, 0.1) is 5.82 Å². The van der Waals surface area contributed by atoms with Crippen molar-refractivity contribution in [1.29, 1.82) is 0 Å². The van der Waals surface area contributed by atoms with Gasteiger partial charge in [-0.3, -0.25) is 4.79 Å². The van der Waals surface area contributed by atoms with E-state index < -0.39 is 11.9 Å². The number of ether oxygens (including phenoxy) is 1. The van der Waals surface area contributed by atoms with Crippen LogP contribution in [0.5, 0.6) is 0 Å². The number of nitrogens with zero attached hydrogens (tertiary/aromatic N) is 1. The van der Waals surface area contributed by atoms with Crippen molar-refractivity contribution in [3.63, 3.8) is 0 Å². The summed E-state index contributed by atoms with van der Waals surface area (Å²) in [4.78, 5) is 11.8. The largest absolute Gasteiger partial charge is 0.460 e. The molecule has 0 unspecified atom stereocenters. The van der Waals surface area contributed by atoms with Crippen LogP contribution in [0.4, 0.5) is 15.8 Å². The van der Waals surface area contributed by atoms with Gasteiger partial charge in [-0.1, -0.05) is 0 Å². The van der Waals surface area contributed by atoms with Gasteiger partial charge in [-0.15, -0.1) is 0 Å². The molecular weight excluding hydrogens is 227 g/mol. The van der Waals surface area contributed by atoms with Crippen molar-refractivity contribution in [1.82, 2.24) is 0 Å². The normalized spacial score (nSPS) is 11.9. The number of hydrogen-bond acceptors (Lipinski definition) is 5. The molecule has 5 nitrogen and oxygen atoms in total. The van der Waals surface area contributed by atoms with Crippen molar-refractivity contribution >= 4 is 17.8 Å². The second kappa shape index (κ2) is 6.05. The minimum atomic E-state index is -0.641. The highest BCUT2D eigenvalue weighted by molar-refractivity contribution is 5.53. The first-order valence-electron chi connectivity index (χ1n) is 5.04. The van der Waals surface area contributed by atoms with E-state index in [0.717, 1.165) is 0 Å². The molecule has 0 aromatic heterocycles. The average molecular weight is 242 g/mol. The molecule has 6 heteroatoms. The Hall–Kier alpha value is -1.82. The average Bonchev–Trinajstić information content (AvgIpc) is 2.31. The summed E-state index contributed by atoms with van der Waals surface area (Å²) in [5.41, 5.74) is 6.02. The second-order valence-corrected chi connectivity index (χ2v) is 3.62. The number of likely N-dealkylation sites (N-methyl/N-ethyl adjacent to an activating group) is 1. The molecule has 3 N–H and O–H groups in total. The summed E-state index contributed by atoms with van der Waals surface area (Å²) in [7, 11) is 1.70. The maximum absolute atomic E-state index is 13.2. The number of rotatable bonds is 6. The van der Waals surface area contributed by atoms with Gasteiger partial charge >= 0.3 is 0 Å². The fourth-order valence-corrected chi connectivity index (χ4v) is 1.39. The number of carbonyl (C=O) groups is 1. The van der Waals surface area contributed by atoms with E-state index in [0.29, 0.717) is 5.69 Å². The van der Waals surface area contributed by atoms with Gasteiger partial charge in [0, 0.05) is 12.7 Å². The number of anilines is 2. The Morgan fingerprint density at radius 1 is 1.65 bits per heavy atom. The smallest absolute Gasteiger partial charge is 0.293 e. The van der Waals surface area contributed by atoms with Gasteiger partial charge in [-0.2, -0.15) is 0 Å². The molecule has 1 rings (SSSR count). The van der Waals surface area contributed by atoms with Crippen molar-refractivity contribution < 1.29 is 19.0 Å². The molecule has 94 valence electrons. The molecule has 0 aliphatic carbocycles. The van der Waals surface area contributed by atoms with Crippen LogP contribution in [-0.2, 0) is 9.53 Å². The first kappa shape index (κ1) is 13.2. The first-order chi connectivity index (χ1) is 8.08. The molecule has 0 saturated heterocycles. The highest BCUT2D eigenvalue weighted by Crippen LogP contribution is 2.19. The van der Waals surface area contributed by atoms with E-state index in [4.69, 9.17) is 10.8 Å². The Kier molecular flexibility index (Phi) is 4.71. The maximum atomic E-state index is 13.2. The molecule has 0 bridgehead atoms. The van der Waals surface area contributed by atoms with E-state index in [2.05, 4.69) is 4.74 Å². The first-order valence-corrected chi connectivity index (χ1v) is 5.04. The summed E-state index contributed by atoms with van der Waals surface area (Å²) in [5.74, 6) is -0.508. The molecule has 0 aliphatic rings. The predicted octanol–water partition coefficient (Wildman–Crippen LogP) is 0.378. The van der Waals surface area contributed by atoms with Crippen LogP contribution in [0.2, 0.25) is 0 Å². The molecule has 0 radical (unpaired) electrons. The van der Waals surface area contributed by atoms with Gasteiger partial charge in [-0.25, -0.2) is 4.39 Å². The topological polar surface area (TPSA) is 75.8 Å². The van der Waals surface area contributed by atoms with Crippen LogP contribution >= 0.6 is 0 Å². The third-order valence-corrected chi connectivity index (χ3v) is 2.35. The van der Waals surface area contributed by atoms with E-state index in [9.17, 15) is 9.18 Å². The molecule has 1 aromatic rings. The van der Waals surface area contributed by atoms with Gasteiger partial charge in [0.2, 0.25) is 0 Å². The van der Waals surface area contributed by atoms with Gasteiger partial charge in [0.15, 0.2) is 0 Å². The highest BCUT2D eigenvalue weighted by Gasteiger charge is 2.12. The number of nitrogen functional groups attached to an aromatic ring is 1. The van der Waals surface area contributed by atoms with Crippen LogP contribution in [0.1, 0.15) is 0 Å². The fourth-order valence-electron chi connectivity index (χ4n) is 1.39. The number of hydrogen-bond donors (Lipinski definition) is 2. The summed E-state index contributed by atoms with van der Waals surface area (Å²) in [6.07, 6.45) is -0.641. The van der Waals surface area contributed by atoms with Gasteiger partial charge in [0.05, 0.1) is 18.8 Å². The molecule has 1 atom stereocenters. The lowest BCUT2D eigenvalue weighted by Gasteiger charge is -2.23. The SMILES string of the molecule is CN(C[C@H](CO)OC=O)c1ccc(N)c(F)c1. The van der Waals surface area contributed by atoms with E-state index in [1.54, 1.807) is 18.0 Å². The third-order valence-electron chi connectivity index (χ3n) is 2.35. The predicted molar refractivity (Wildman–Crippen MR) is 62.1 cm³/mol. The lowest BCUT2D eigenvalue weighted by atomic mass is 10.2. The molecule has 0 amide bonds. The minimum Gasteiger partial charge on any atom is -0.460 e. The molecular formula is C11H15FN2O3. The maximum Gasteiger partial charge on any atom is 0.293 e. The number of carbonyl (C=O) groups excluding carboxylic acids is 1. The Balaban J connectivity index is 2.71. The monoisotopic (exact) mass is 242 g/mol. The standard InChI is InChI=1S/C11H15FN2O3/c1-14(5-9(6-15)17-7-16)8-2-3-11(13)10(12)4-8/h2-4,7,9,15H,5-6,13H2,1H3/t9-/m1/s1. The number of aliphatic hydroxyl groups is 1. The zero-order valence-electron chi connectivity index (χ0n) is 9.47. The van der Waals surface area contributed by atoms with Gasteiger partial charge in [0.25, 0.3) is 6.47 Å². The summed E-state index contributed by atoms with van der Waals surface area (Å²) >= 11 is 0. The Labute approximate surface area is 98.6 Å². The van der Waals surface area contributed by atoms with Crippen LogP contribution < -0.4 is 10.6 Å². The van der Waals surface area contributed by atoms with Crippen LogP contribution in [0.15, 0.2) is 18.2 Å². The Morgan fingerprint density at radius 3 is 2.88 bits per heavy atom. The molecule has 0 aliphatic heterocycles. The van der Waals surface area contributed by atoms with Gasteiger partial charge in [0.1, 0.15) is 11.9 Å². The second-order valence-electron chi connectivity index (χ2n) is 3.62. The fraction of sp³-hybridized carbons (Fsp3) is 0.364. The van der Waals surface area contributed by atoms with Crippen molar-refractivity contribution in [3.05, 3.63) is 24.0 Å². The van der Waals surface area contributed by atoms with E-state index in [-0.39, 0.29) is 25.3 Å². The molecule has 1 aromatic carbocycles. The molecule has 0 fully saturated rings. The summed E-state index contributed by atoms with van der Waals surface area (Å²) < 4.78 is 17.9. The van der Waals surface area contributed by atoms with Crippen molar-refractivity contribution in [2.75, 3.05) is 30.8 Å². The zero-order valence-corrected chi connectivity index (χ0v) is 9.47. The summed E-state index contributed by atoms with van der Waals surface area (Å²) in [6, 6.07) is 4.38. The Bertz CT molecular complexity index is 387. The number of benzene rings is 1. The van der Waals surface area contributed by atoms with Crippen LogP contribution in [-0.4, -0.2) is 37.9 Å². The zero-order chi connectivity index (χ0) is 12.8. The lowest BCUT2D eigenvalue weighted by Crippen LogP contribution is -2.33. The van der Waals surface area contributed by atoms with Crippen molar-refractivity contribution in [3.8, 4) is 0 Å². The van der Waals surface area contributed by atoms with Crippen LogP contribution in [0.3, 0.4) is 0 Å². The molecule has 0 heterocycles. The number of halogens is 1. The van der Waals surface area contributed by atoms with Gasteiger partial charge < -0.3 is 20.5 Å². The van der Waals surface area contributed by atoms with E-state index in [1.807, 2.05) is 0 Å². The minimum absolute atomic E-state index is 0.0741. The highest BCUT2D eigenvalue weighted by atomic mass is 19.1. The number of nitrogens with two attached hydrogens (primary N) is 1. The van der Waals surface area contributed by atoms with Crippen molar-refractivity contribution in [2.24, 2.45) is 0 Å².